The Morgan fingerprint density at radius 2 is 1.62 bits per heavy atom. The monoisotopic (exact) mass is 304 g/mol. The first-order valence-corrected chi connectivity index (χ1v) is 6.74. The first kappa shape index (κ1) is 13.9. The lowest BCUT2D eigenvalue weighted by atomic mass is 10.1. The maximum atomic E-state index is 14.0. The highest BCUT2D eigenvalue weighted by Crippen LogP contribution is 2.29. The van der Waals surface area contributed by atoms with Gasteiger partial charge in [0.05, 0.1) is 0 Å². The minimum absolute atomic E-state index is 0.144. The highest BCUT2D eigenvalue weighted by Gasteiger charge is 2.14. The summed E-state index contributed by atoms with van der Waals surface area (Å²) in [6.45, 7) is 3.47. The Kier molecular flexibility index (Phi) is 3.33. The second-order valence-electron chi connectivity index (χ2n) is 4.89. The fraction of sp³-hybridized carbons (Fsp3) is 0.125. The largest absolute Gasteiger partial charge is 0.225 e. The molecule has 21 heavy (non-hydrogen) atoms. The molecule has 5 heteroatoms. The van der Waals surface area contributed by atoms with E-state index in [-0.39, 0.29) is 22.3 Å². The molecule has 0 aliphatic carbocycles. The number of nitrogens with zero attached hydrogens (tertiary/aromatic N) is 2. The van der Waals surface area contributed by atoms with Gasteiger partial charge in [-0.25, -0.2) is 18.7 Å². The molecule has 0 saturated heterocycles. The zero-order valence-electron chi connectivity index (χ0n) is 11.4. The average Bonchev–Trinajstić information content (AvgIpc) is 2.45. The van der Waals surface area contributed by atoms with Crippen LogP contribution in [0.15, 0.2) is 30.3 Å². The second-order valence-corrected chi connectivity index (χ2v) is 5.25. The second kappa shape index (κ2) is 5.04. The third kappa shape index (κ3) is 2.36. The van der Waals surface area contributed by atoms with E-state index in [2.05, 4.69) is 9.97 Å². The summed E-state index contributed by atoms with van der Waals surface area (Å²) in [7, 11) is 0. The van der Waals surface area contributed by atoms with Crippen LogP contribution in [0.4, 0.5) is 8.78 Å². The fourth-order valence-corrected chi connectivity index (χ4v) is 2.50. The Morgan fingerprint density at radius 1 is 0.905 bits per heavy atom. The van der Waals surface area contributed by atoms with E-state index in [1.54, 1.807) is 25.1 Å². The van der Waals surface area contributed by atoms with Crippen molar-refractivity contribution in [2.75, 3.05) is 0 Å². The molecular formula is C16H11ClF2N2. The van der Waals surface area contributed by atoms with Gasteiger partial charge in [-0.05, 0) is 37.1 Å². The van der Waals surface area contributed by atoms with Crippen molar-refractivity contribution in [2.24, 2.45) is 0 Å². The summed E-state index contributed by atoms with van der Waals surface area (Å²) in [5.41, 5.74) is 1.92. The standard InChI is InChI=1S/C16H11ClF2N2/c1-8-3-5-10(7-12(8)19)16-20-14-11(18)6-4-9(2)13(14)15(17)21-16/h3-7H,1-2H3. The van der Waals surface area contributed by atoms with Crippen LogP contribution in [0.5, 0.6) is 0 Å². The van der Waals surface area contributed by atoms with Crippen molar-refractivity contribution in [1.82, 2.24) is 9.97 Å². The molecular weight excluding hydrogens is 294 g/mol. The zero-order chi connectivity index (χ0) is 15.1. The molecule has 0 aliphatic heterocycles. The smallest absolute Gasteiger partial charge is 0.161 e. The lowest BCUT2D eigenvalue weighted by molar-refractivity contribution is 0.619. The van der Waals surface area contributed by atoms with E-state index in [1.807, 2.05) is 6.92 Å². The average molecular weight is 305 g/mol. The highest BCUT2D eigenvalue weighted by atomic mass is 35.5. The molecule has 3 rings (SSSR count). The Morgan fingerprint density at radius 3 is 2.33 bits per heavy atom. The van der Waals surface area contributed by atoms with Crippen molar-refractivity contribution in [3.8, 4) is 11.4 Å². The molecule has 0 bridgehead atoms. The van der Waals surface area contributed by atoms with E-state index in [0.29, 0.717) is 16.5 Å². The lowest BCUT2D eigenvalue weighted by Gasteiger charge is -2.08. The van der Waals surface area contributed by atoms with E-state index in [0.717, 1.165) is 5.56 Å². The third-order valence-electron chi connectivity index (χ3n) is 3.40. The summed E-state index contributed by atoms with van der Waals surface area (Å²) in [4.78, 5) is 8.37. The van der Waals surface area contributed by atoms with Gasteiger partial charge in [0, 0.05) is 10.9 Å². The minimum Gasteiger partial charge on any atom is -0.225 e. The topological polar surface area (TPSA) is 25.8 Å². The van der Waals surface area contributed by atoms with Crippen LogP contribution in [0.2, 0.25) is 5.15 Å². The summed E-state index contributed by atoms with van der Waals surface area (Å²) < 4.78 is 27.6. The fourth-order valence-electron chi connectivity index (χ4n) is 2.18. The summed E-state index contributed by atoms with van der Waals surface area (Å²) in [5.74, 6) is -0.637. The van der Waals surface area contributed by atoms with E-state index in [9.17, 15) is 8.78 Å². The van der Waals surface area contributed by atoms with Crippen LogP contribution in [0.1, 0.15) is 11.1 Å². The van der Waals surface area contributed by atoms with Crippen LogP contribution < -0.4 is 0 Å². The van der Waals surface area contributed by atoms with Gasteiger partial charge in [0.25, 0.3) is 0 Å². The van der Waals surface area contributed by atoms with Gasteiger partial charge in [-0.1, -0.05) is 29.8 Å². The van der Waals surface area contributed by atoms with E-state index in [4.69, 9.17) is 11.6 Å². The number of halogens is 3. The maximum absolute atomic E-state index is 14.0. The Labute approximate surface area is 125 Å². The van der Waals surface area contributed by atoms with Crippen molar-refractivity contribution in [3.63, 3.8) is 0 Å². The normalized spacial score (nSPS) is 11.1. The molecule has 0 atom stereocenters. The molecule has 1 heterocycles. The third-order valence-corrected chi connectivity index (χ3v) is 3.67. The predicted molar refractivity (Wildman–Crippen MR) is 79.4 cm³/mol. The molecule has 0 aliphatic rings. The SMILES string of the molecule is Cc1ccc(-c2nc(Cl)c3c(C)ccc(F)c3n2)cc1F. The van der Waals surface area contributed by atoms with E-state index >= 15 is 0 Å². The Bertz CT molecular complexity index is 863. The number of benzene rings is 2. The molecule has 106 valence electrons. The number of aromatic nitrogens is 2. The number of hydrogen-bond donors (Lipinski definition) is 0. The molecule has 3 aromatic rings. The molecule has 2 nitrogen and oxygen atoms in total. The van der Waals surface area contributed by atoms with Crippen LogP contribution >= 0.6 is 11.6 Å². The van der Waals surface area contributed by atoms with Crippen molar-refractivity contribution >= 4 is 22.5 Å². The van der Waals surface area contributed by atoms with Gasteiger partial charge in [0.15, 0.2) is 5.82 Å². The molecule has 0 fully saturated rings. The van der Waals surface area contributed by atoms with Crippen LogP contribution in [0.25, 0.3) is 22.3 Å². The van der Waals surface area contributed by atoms with Gasteiger partial charge in [0.1, 0.15) is 22.3 Å². The lowest BCUT2D eigenvalue weighted by Crippen LogP contribution is -1.96. The molecule has 0 spiro atoms. The van der Waals surface area contributed by atoms with Gasteiger partial charge >= 0.3 is 0 Å². The van der Waals surface area contributed by atoms with E-state index in [1.165, 1.54) is 12.1 Å². The van der Waals surface area contributed by atoms with Crippen molar-refractivity contribution in [3.05, 3.63) is 58.2 Å². The number of aryl methyl sites for hydroxylation is 2. The quantitative estimate of drug-likeness (QED) is 0.601. The van der Waals surface area contributed by atoms with Crippen LogP contribution in [0, 0.1) is 25.5 Å². The van der Waals surface area contributed by atoms with Gasteiger partial charge in [-0.3, -0.25) is 0 Å². The van der Waals surface area contributed by atoms with E-state index < -0.39 is 5.82 Å². The molecule has 2 aromatic carbocycles. The molecule has 0 amide bonds. The van der Waals surface area contributed by atoms with Gasteiger partial charge in [-0.2, -0.15) is 0 Å². The molecule has 0 unspecified atom stereocenters. The number of hydrogen-bond acceptors (Lipinski definition) is 2. The Balaban J connectivity index is 2.30. The summed E-state index contributed by atoms with van der Waals surface area (Å²) >= 11 is 6.15. The van der Waals surface area contributed by atoms with Gasteiger partial charge in [0.2, 0.25) is 0 Å². The number of rotatable bonds is 1. The summed E-state index contributed by atoms with van der Waals surface area (Å²) in [6.07, 6.45) is 0. The van der Waals surface area contributed by atoms with Crippen molar-refractivity contribution in [1.29, 1.82) is 0 Å². The van der Waals surface area contributed by atoms with Gasteiger partial charge in [-0.15, -0.1) is 0 Å². The van der Waals surface area contributed by atoms with Gasteiger partial charge < -0.3 is 0 Å². The number of fused-ring (bicyclic) bond motifs is 1. The zero-order valence-corrected chi connectivity index (χ0v) is 12.2. The Hall–Kier alpha value is -2.07. The van der Waals surface area contributed by atoms with Crippen LogP contribution in [-0.2, 0) is 0 Å². The molecule has 1 aromatic heterocycles. The van der Waals surface area contributed by atoms with Crippen LogP contribution in [-0.4, -0.2) is 9.97 Å². The summed E-state index contributed by atoms with van der Waals surface area (Å²) in [5, 5.41) is 0.640. The van der Waals surface area contributed by atoms with Crippen molar-refractivity contribution < 1.29 is 8.78 Å². The minimum atomic E-state index is -0.478. The first-order valence-electron chi connectivity index (χ1n) is 6.36. The highest BCUT2D eigenvalue weighted by molar-refractivity contribution is 6.34. The summed E-state index contributed by atoms with van der Waals surface area (Å²) in [6, 6.07) is 7.58. The predicted octanol–water partition coefficient (Wildman–Crippen LogP) is 4.85. The maximum Gasteiger partial charge on any atom is 0.161 e. The molecule has 0 N–H and O–H groups in total. The first-order chi connectivity index (χ1) is 9.97. The van der Waals surface area contributed by atoms with Crippen molar-refractivity contribution in [2.45, 2.75) is 13.8 Å². The molecule has 0 saturated carbocycles. The van der Waals surface area contributed by atoms with Crippen LogP contribution in [0.3, 0.4) is 0 Å². The molecule has 0 radical (unpaired) electrons.